The molecule has 1 aliphatic carbocycles. The summed E-state index contributed by atoms with van der Waals surface area (Å²) in [5.74, 6) is 1.10. The van der Waals surface area contributed by atoms with Crippen molar-refractivity contribution in [3.8, 4) is 5.69 Å². The van der Waals surface area contributed by atoms with Gasteiger partial charge in [-0.2, -0.15) is 10.2 Å². The van der Waals surface area contributed by atoms with Crippen LogP contribution in [0.25, 0.3) is 5.69 Å². The van der Waals surface area contributed by atoms with E-state index >= 15 is 0 Å². The highest BCUT2D eigenvalue weighted by Gasteiger charge is 2.22. The van der Waals surface area contributed by atoms with E-state index in [1.165, 1.54) is 25.7 Å². The summed E-state index contributed by atoms with van der Waals surface area (Å²) >= 11 is 0. The zero-order valence-electron chi connectivity index (χ0n) is 15.9. The highest BCUT2D eigenvalue weighted by molar-refractivity contribution is 5.90. The lowest BCUT2D eigenvalue weighted by atomic mass is 10.0. The molecule has 0 bridgehead atoms. The molecule has 1 saturated carbocycles. The van der Waals surface area contributed by atoms with E-state index < -0.39 is 0 Å². The number of para-hydroxylation sites is 1. The number of carbonyl (C=O) groups excluding carboxylic acids is 1. The second kappa shape index (κ2) is 7.39. The van der Waals surface area contributed by atoms with E-state index in [-0.39, 0.29) is 12.5 Å². The number of benzene rings is 1. The molecule has 0 atom stereocenters. The molecule has 0 unspecified atom stereocenters. The molecule has 1 fully saturated rings. The average Bonchev–Trinajstić information content (AvgIpc) is 3.37. The van der Waals surface area contributed by atoms with Crippen molar-refractivity contribution in [1.82, 2.24) is 19.6 Å². The minimum absolute atomic E-state index is 0.101. The minimum atomic E-state index is -0.101. The summed E-state index contributed by atoms with van der Waals surface area (Å²) in [6.07, 6.45) is 4.85. The predicted octanol–water partition coefficient (Wildman–Crippen LogP) is 3.98. The number of carbonyl (C=O) groups is 1. The molecule has 1 aliphatic rings. The van der Waals surface area contributed by atoms with E-state index in [1.54, 1.807) is 4.68 Å². The lowest BCUT2D eigenvalue weighted by Crippen LogP contribution is -2.21. The Bertz CT molecular complexity index is 935. The average molecular weight is 363 g/mol. The number of aryl methyl sites for hydroxylation is 2. The summed E-state index contributed by atoms with van der Waals surface area (Å²) in [5.41, 5.74) is 3.91. The molecular weight excluding hydrogens is 338 g/mol. The Hall–Kier alpha value is -2.89. The number of amides is 1. The molecule has 6 nitrogen and oxygen atoms in total. The van der Waals surface area contributed by atoms with Gasteiger partial charge in [-0.3, -0.25) is 9.48 Å². The summed E-state index contributed by atoms with van der Waals surface area (Å²) < 4.78 is 3.57. The Labute approximate surface area is 159 Å². The number of nitrogens with one attached hydrogen (secondary N) is 1. The number of anilines is 1. The Morgan fingerprint density at radius 3 is 2.52 bits per heavy atom. The van der Waals surface area contributed by atoms with Gasteiger partial charge in [-0.25, -0.2) is 4.68 Å². The standard InChI is InChI=1S/C21H25N5O/c1-15-12-16(2)25(23-15)14-21(27)22-20-13-19(17-8-6-7-9-17)24-26(20)18-10-4-3-5-11-18/h3-5,10-13,17H,6-9,14H2,1-2H3,(H,22,27). The predicted molar refractivity (Wildman–Crippen MR) is 105 cm³/mol. The second-order valence-corrected chi connectivity index (χ2v) is 7.32. The van der Waals surface area contributed by atoms with Crippen LogP contribution in [0.3, 0.4) is 0 Å². The largest absolute Gasteiger partial charge is 0.309 e. The zero-order chi connectivity index (χ0) is 18.8. The van der Waals surface area contributed by atoms with Gasteiger partial charge in [0.15, 0.2) is 0 Å². The van der Waals surface area contributed by atoms with E-state index in [1.807, 2.05) is 61.0 Å². The molecule has 6 heteroatoms. The van der Waals surface area contributed by atoms with Crippen molar-refractivity contribution in [1.29, 1.82) is 0 Å². The fourth-order valence-corrected chi connectivity index (χ4v) is 3.83. The van der Waals surface area contributed by atoms with Gasteiger partial charge in [-0.05, 0) is 44.9 Å². The second-order valence-electron chi connectivity index (χ2n) is 7.32. The van der Waals surface area contributed by atoms with E-state index in [4.69, 9.17) is 5.10 Å². The van der Waals surface area contributed by atoms with Crippen molar-refractivity contribution >= 4 is 11.7 Å². The third kappa shape index (κ3) is 3.79. The van der Waals surface area contributed by atoms with Crippen LogP contribution in [0.2, 0.25) is 0 Å². The number of nitrogens with zero attached hydrogens (tertiary/aromatic N) is 4. The molecule has 0 spiro atoms. The van der Waals surface area contributed by atoms with Crippen LogP contribution in [0.15, 0.2) is 42.5 Å². The fourth-order valence-electron chi connectivity index (χ4n) is 3.83. The lowest BCUT2D eigenvalue weighted by molar-refractivity contribution is -0.117. The summed E-state index contributed by atoms with van der Waals surface area (Å²) in [4.78, 5) is 12.6. The Morgan fingerprint density at radius 1 is 1.11 bits per heavy atom. The van der Waals surface area contributed by atoms with Crippen LogP contribution in [-0.2, 0) is 11.3 Å². The molecule has 3 aromatic rings. The summed E-state index contributed by atoms with van der Waals surface area (Å²) in [6.45, 7) is 4.08. The molecule has 1 amide bonds. The normalized spacial score (nSPS) is 14.6. The van der Waals surface area contributed by atoms with Gasteiger partial charge in [0.05, 0.1) is 17.1 Å². The quantitative estimate of drug-likeness (QED) is 0.746. The maximum absolute atomic E-state index is 12.6. The Balaban J connectivity index is 1.60. The first kappa shape index (κ1) is 17.5. The van der Waals surface area contributed by atoms with Gasteiger partial charge >= 0.3 is 0 Å². The molecule has 2 heterocycles. The van der Waals surface area contributed by atoms with Crippen LogP contribution in [0.1, 0.15) is 48.7 Å². The summed E-state index contributed by atoms with van der Waals surface area (Å²) in [6, 6.07) is 13.9. The van der Waals surface area contributed by atoms with Crippen molar-refractivity contribution in [2.75, 3.05) is 5.32 Å². The molecule has 0 radical (unpaired) electrons. The molecule has 1 aromatic carbocycles. The Kier molecular flexibility index (Phi) is 4.79. The van der Waals surface area contributed by atoms with Crippen LogP contribution < -0.4 is 5.32 Å². The van der Waals surface area contributed by atoms with Crippen LogP contribution in [0.5, 0.6) is 0 Å². The first-order valence-electron chi connectivity index (χ1n) is 9.56. The number of rotatable bonds is 5. The number of aromatic nitrogens is 4. The maximum atomic E-state index is 12.6. The first-order valence-corrected chi connectivity index (χ1v) is 9.56. The van der Waals surface area contributed by atoms with E-state index in [9.17, 15) is 4.79 Å². The molecule has 0 saturated heterocycles. The topological polar surface area (TPSA) is 64.7 Å². The van der Waals surface area contributed by atoms with Gasteiger partial charge in [0.1, 0.15) is 12.4 Å². The van der Waals surface area contributed by atoms with Crippen molar-refractivity contribution in [3.05, 3.63) is 59.5 Å². The molecule has 4 rings (SSSR count). The summed E-state index contributed by atoms with van der Waals surface area (Å²) in [5, 5.41) is 12.2. The van der Waals surface area contributed by atoms with Gasteiger partial charge in [0.2, 0.25) is 5.91 Å². The van der Waals surface area contributed by atoms with Gasteiger partial charge in [0.25, 0.3) is 0 Å². The monoisotopic (exact) mass is 363 g/mol. The highest BCUT2D eigenvalue weighted by Crippen LogP contribution is 2.35. The fraction of sp³-hybridized carbons (Fsp3) is 0.381. The summed E-state index contributed by atoms with van der Waals surface area (Å²) in [7, 11) is 0. The minimum Gasteiger partial charge on any atom is -0.309 e. The first-order chi connectivity index (χ1) is 13.1. The molecule has 0 aliphatic heterocycles. The third-order valence-corrected chi connectivity index (χ3v) is 5.17. The third-order valence-electron chi connectivity index (χ3n) is 5.17. The maximum Gasteiger partial charge on any atom is 0.247 e. The number of hydrogen-bond donors (Lipinski definition) is 1. The van der Waals surface area contributed by atoms with Crippen LogP contribution in [0, 0.1) is 13.8 Å². The van der Waals surface area contributed by atoms with Crippen molar-refractivity contribution in [2.45, 2.75) is 52.0 Å². The van der Waals surface area contributed by atoms with Gasteiger partial charge in [-0.1, -0.05) is 31.0 Å². The SMILES string of the molecule is Cc1cc(C)n(CC(=O)Nc2cc(C3CCCC3)nn2-c2ccccc2)n1. The van der Waals surface area contributed by atoms with E-state index in [0.717, 1.165) is 28.6 Å². The van der Waals surface area contributed by atoms with Crippen molar-refractivity contribution in [2.24, 2.45) is 0 Å². The molecule has 27 heavy (non-hydrogen) atoms. The van der Waals surface area contributed by atoms with Crippen LogP contribution in [-0.4, -0.2) is 25.5 Å². The molecule has 2 aromatic heterocycles. The van der Waals surface area contributed by atoms with E-state index in [2.05, 4.69) is 10.4 Å². The van der Waals surface area contributed by atoms with Crippen LogP contribution in [0.4, 0.5) is 5.82 Å². The molecule has 140 valence electrons. The zero-order valence-corrected chi connectivity index (χ0v) is 15.9. The molecule has 1 N–H and O–H groups in total. The van der Waals surface area contributed by atoms with Gasteiger partial charge in [0, 0.05) is 17.7 Å². The van der Waals surface area contributed by atoms with Crippen molar-refractivity contribution in [3.63, 3.8) is 0 Å². The number of hydrogen-bond acceptors (Lipinski definition) is 3. The van der Waals surface area contributed by atoms with Crippen molar-refractivity contribution < 1.29 is 4.79 Å². The van der Waals surface area contributed by atoms with E-state index in [0.29, 0.717) is 5.92 Å². The lowest BCUT2D eigenvalue weighted by Gasteiger charge is -2.09. The Morgan fingerprint density at radius 2 is 1.85 bits per heavy atom. The van der Waals surface area contributed by atoms with Gasteiger partial charge < -0.3 is 5.32 Å². The van der Waals surface area contributed by atoms with Crippen LogP contribution >= 0.6 is 0 Å². The van der Waals surface area contributed by atoms with Gasteiger partial charge in [-0.15, -0.1) is 0 Å². The highest BCUT2D eigenvalue weighted by atomic mass is 16.2. The smallest absolute Gasteiger partial charge is 0.247 e. The molecular formula is C21H25N5O.